The molecule has 1 aliphatic rings. The highest BCUT2D eigenvalue weighted by molar-refractivity contribution is 7.89. The van der Waals surface area contributed by atoms with E-state index in [1.165, 1.54) is 20.3 Å². The van der Waals surface area contributed by atoms with Crippen LogP contribution in [0.2, 0.25) is 0 Å². The lowest BCUT2D eigenvalue weighted by Crippen LogP contribution is -2.45. The number of amides is 1. The van der Waals surface area contributed by atoms with Crippen molar-refractivity contribution in [3.63, 3.8) is 0 Å². The molecular formula is C15H26N6O3S. The minimum absolute atomic E-state index is 0.0407. The minimum Gasteiger partial charge on any atom is -0.351 e. The van der Waals surface area contributed by atoms with Gasteiger partial charge in [0.15, 0.2) is 0 Å². The van der Waals surface area contributed by atoms with E-state index >= 15 is 0 Å². The number of nitrogens with one attached hydrogen (secondary N) is 1. The number of hydrogen-bond donors (Lipinski definition) is 1. The van der Waals surface area contributed by atoms with Gasteiger partial charge in [-0.15, -0.1) is 0 Å². The van der Waals surface area contributed by atoms with Crippen LogP contribution in [0.5, 0.6) is 0 Å². The van der Waals surface area contributed by atoms with Gasteiger partial charge in [0, 0.05) is 53.0 Å². The van der Waals surface area contributed by atoms with E-state index < -0.39 is 10.0 Å². The molecular weight excluding hydrogens is 344 g/mol. The van der Waals surface area contributed by atoms with Gasteiger partial charge in [-0.1, -0.05) is 0 Å². The van der Waals surface area contributed by atoms with E-state index in [1.807, 2.05) is 0 Å². The summed E-state index contributed by atoms with van der Waals surface area (Å²) < 4.78 is 24.5. The lowest BCUT2D eigenvalue weighted by Gasteiger charge is -2.32. The van der Waals surface area contributed by atoms with Gasteiger partial charge in [0.1, 0.15) is 0 Å². The average molecular weight is 370 g/mol. The molecule has 1 amide bonds. The Morgan fingerprint density at radius 2 is 1.92 bits per heavy atom. The number of aromatic nitrogens is 2. The fraction of sp³-hybridized carbons (Fsp3) is 0.667. The molecule has 140 valence electrons. The van der Waals surface area contributed by atoms with Crippen LogP contribution in [0.4, 0.5) is 5.95 Å². The Kier molecular flexibility index (Phi) is 6.31. The molecule has 1 aliphatic heterocycles. The van der Waals surface area contributed by atoms with E-state index in [4.69, 9.17) is 0 Å². The van der Waals surface area contributed by atoms with Crippen LogP contribution >= 0.6 is 0 Å². The van der Waals surface area contributed by atoms with E-state index in [9.17, 15) is 13.2 Å². The van der Waals surface area contributed by atoms with Crippen molar-refractivity contribution in [2.75, 3.05) is 64.5 Å². The number of carbonyl (C=O) groups excluding carboxylic acids is 1. The van der Waals surface area contributed by atoms with Crippen LogP contribution < -0.4 is 10.2 Å². The maximum Gasteiger partial charge on any atom is 0.254 e. The van der Waals surface area contributed by atoms with Gasteiger partial charge in [0.05, 0.1) is 17.0 Å². The Hall–Kier alpha value is -1.78. The first-order chi connectivity index (χ1) is 11.7. The van der Waals surface area contributed by atoms with Crippen LogP contribution in [0.15, 0.2) is 6.20 Å². The first-order valence-corrected chi connectivity index (χ1v) is 9.77. The van der Waals surface area contributed by atoms with Gasteiger partial charge in [-0.2, -0.15) is 0 Å². The Balaban J connectivity index is 1.97. The van der Waals surface area contributed by atoms with Gasteiger partial charge in [0.2, 0.25) is 16.0 Å². The molecule has 25 heavy (non-hydrogen) atoms. The molecule has 0 bridgehead atoms. The topological polar surface area (TPSA) is 98.7 Å². The molecule has 0 unspecified atom stereocenters. The molecule has 0 aliphatic carbocycles. The summed E-state index contributed by atoms with van der Waals surface area (Å²) in [6.45, 7) is 5.40. The van der Waals surface area contributed by atoms with E-state index in [-0.39, 0.29) is 18.2 Å². The van der Waals surface area contributed by atoms with Crippen molar-refractivity contribution in [1.82, 2.24) is 24.5 Å². The molecule has 1 fully saturated rings. The standard InChI is InChI=1S/C15H26N6O3S/c1-12-13(14(22)16-5-10-25(23,24)19(2)3)11-17-15(18-12)21-8-6-20(4)7-9-21/h11H,5-10H2,1-4H3,(H,16,22). The van der Waals surface area contributed by atoms with E-state index in [2.05, 4.69) is 32.1 Å². The predicted molar refractivity (Wildman–Crippen MR) is 96.3 cm³/mol. The zero-order valence-electron chi connectivity index (χ0n) is 15.2. The van der Waals surface area contributed by atoms with Crippen molar-refractivity contribution in [2.45, 2.75) is 6.92 Å². The summed E-state index contributed by atoms with van der Waals surface area (Å²) in [5.74, 6) is 0.110. The van der Waals surface area contributed by atoms with E-state index in [0.717, 1.165) is 30.5 Å². The number of hydrogen-bond acceptors (Lipinski definition) is 7. The summed E-state index contributed by atoms with van der Waals surface area (Å²) in [7, 11) is 1.67. The number of anilines is 1. The van der Waals surface area contributed by atoms with Gasteiger partial charge in [-0.25, -0.2) is 22.7 Å². The van der Waals surface area contributed by atoms with Crippen LogP contribution in [0.25, 0.3) is 0 Å². The molecule has 1 N–H and O–H groups in total. The summed E-state index contributed by atoms with van der Waals surface area (Å²) in [5, 5.41) is 2.61. The van der Waals surface area contributed by atoms with Crippen molar-refractivity contribution in [2.24, 2.45) is 0 Å². The summed E-state index contributed by atoms with van der Waals surface area (Å²) in [6, 6.07) is 0. The summed E-state index contributed by atoms with van der Waals surface area (Å²) in [4.78, 5) is 25.3. The fourth-order valence-electron chi connectivity index (χ4n) is 2.41. The third-order valence-corrected chi connectivity index (χ3v) is 6.03. The highest BCUT2D eigenvalue weighted by Crippen LogP contribution is 2.13. The predicted octanol–water partition coefficient (Wildman–Crippen LogP) is -0.842. The SMILES string of the molecule is Cc1nc(N2CCN(C)CC2)ncc1C(=O)NCCS(=O)(=O)N(C)C. The number of likely N-dealkylation sites (N-methyl/N-ethyl adjacent to an activating group) is 1. The Labute approximate surface area is 149 Å². The molecule has 2 heterocycles. The molecule has 1 saturated heterocycles. The first-order valence-electron chi connectivity index (χ1n) is 8.16. The molecule has 0 spiro atoms. The van der Waals surface area contributed by atoms with E-state index in [1.54, 1.807) is 6.92 Å². The molecule has 2 rings (SSSR count). The monoisotopic (exact) mass is 370 g/mol. The molecule has 9 nitrogen and oxygen atoms in total. The fourth-order valence-corrected chi connectivity index (χ4v) is 3.13. The van der Waals surface area contributed by atoms with Gasteiger partial charge in [-0.3, -0.25) is 4.79 Å². The molecule has 0 radical (unpaired) electrons. The van der Waals surface area contributed by atoms with Gasteiger partial charge >= 0.3 is 0 Å². The number of rotatable bonds is 6. The van der Waals surface area contributed by atoms with Crippen molar-refractivity contribution in [3.8, 4) is 0 Å². The third kappa shape index (κ3) is 5.10. The normalized spacial score (nSPS) is 16.3. The first kappa shape index (κ1) is 19.5. The number of sulfonamides is 1. The highest BCUT2D eigenvalue weighted by Gasteiger charge is 2.19. The van der Waals surface area contributed by atoms with Crippen molar-refractivity contribution in [3.05, 3.63) is 17.5 Å². The molecule has 0 aromatic carbocycles. The number of nitrogens with zero attached hydrogens (tertiary/aromatic N) is 5. The second-order valence-corrected chi connectivity index (χ2v) is 8.62. The maximum atomic E-state index is 12.2. The zero-order valence-corrected chi connectivity index (χ0v) is 16.0. The number of aryl methyl sites for hydroxylation is 1. The minimum atomic E-state index is -3.34. The zero-order chi connectivity index (χ0) is 18.6. The Bertz CT molecular complexity index is 714. The van der Waals surface area contributed by atoms with Crippen molar-refractivity contribution in [1.29, 1.82) is 0 Å². The summed E-state index contributed by atoms with van der Waals surface area (Å²) in [5.41, 5.74) is 0.942. The summed E-state index contributed by atoms with van der Waals surface area (Å²) >= 11 is 0. The van der Waals surface area contributed by atoms with Crippen LogP contribution in [0.3, 0.4) is 0 Å². The van der Waals surface area contributed by atoms with Crippen LogP contribution in [-0.4, -0.2) is 93.1 Å². The second kappa shape index (κ2) is 8.07. The maximum absolute atomic E-state index is 12.2. The van der Waals surface area contributed by atoms with Crippen molar-refractivity contribution >= 4 is 21.9 Å². The average Bonchev–Trinajstić information content (AvgIpc) is 2.55. The number of piperazine rings is 1. The van der Waals surface area contributed by atoms with Gasteiger partial charge < -0.3 is 15.1 Å². The quantitative estimate of drug-likeness (QED) is 0.697. The third-order valence-electron chi connectivity index (χ3n) is 4.20. The van der Waals surface area contributed by atoms with Crippen LogP contribution in [0, 0.1) is 6.92 Å². The smallest absolute Gasteiger partial charge is 0.254 e. The Morgan fingerprint density at radius 1 is 1.28 bits per heavy atom. The summed E-state index contributed by atoms with van der Waals surface area (Å²) in [6.07, 6.45) is 1.51. The molecule has 10 heteroatoms. The van der Waals surface area contributed by atoms with E-state index in [0.29, 0.717) is 17.2 Å². The largest absolute Gasteiger partial charge is 0.351 e. The van der Waals surface area contributed by atoms with Crippen molar-refractivity contribution < 1.29 is 13.2 Å². The molecule has 1 aromatic rings. The van der Waals surface area contributed by atoms with Crippen LogP contribution in [-0.2, 0) is 10.0 Å². The second-order valence-electron chi connectivity index (χ2n) is 6.31. The van der Waals surface area contributed by atoms with Gasteiger partial charge in [-0.05, 0) is 14.0 Å². The molecule has 0 saturated carbocycles. The van der Waals surface area contributed by atoms with Crippen LogP contribution in [0.1, 0.15) is 16.1 Å². The Morgan fingerprint density at radius 3 is 2.48 bits per heavy atom. The van der Waals surface area contributed by atoms with Gasteiger partial charge in [0.25, 0.3) is 5.91 Å². The lowest BCUT2D eigenvalue weighted by molar-refractivity contribution is 0.0954. The molecule has 0 atom stereocenters. The highest BCUT2D eigenvalue weighted by atomic mass is 32.2. The number of carbonyl (C=O) groups is 1. The lowest BCUT2D eigenvalue weighted by atomic mass is 10.2. The molecule has 1 aromatic heterocycles.